The molecule has 1 saturated carbocycles. The molecule has 0 aromatic carbocycles. The van der Waals surface area contributed by atoms with Crippen LogP contribution in [0.25, 0.3) is 0 Å². The van der Waals surface area contributed by atoms with Crippen LogP contribution in [-0.4, -0.2) is 34.9 Å². The normalized spacial score (nSPS) is 25.8. The summed E-state index contributed by atoms with van der Waals surface area (Å²) in [5, 5.41) is 3.56. The molecule has 1 amide bonds. The molecule has 2 unspecified atom stereocenters. The number of amides is 1. The Bertz CT molecular complexity index is 511. The Labute approximate surface area is 133 Å². The van der Waals surface area contributed by atoms with Gasteiger partial charge in [-0.1, -0.05) is 19.8 Å². The van der Waals surface area contributed by atoms with Crippen molar-refractivity contribution < 1.29 is 4.79 Å². The molecule has 0 spiro atoms. The zero-order valence-electron chi connectivity index (χ0n) is 13.6. The van der Waals surface area contributed by atoms with E-state index in [1.165, 1.54) is 32.1 Å². The first-order valence-electron chi connectivity index (χ1n) is 8.76. The molecule has 0 radical (unpaired) electrons. The predicted molar refractivity (Wildman–Crippen MR) is 89.0 cm³/mol. The van der Waals surface area contributed by atoms with Crippen molar-refractivity contribution in [3.8, 4) is 0 Å². The smallest absolute Gasteiger partial charge is 0.257 e. The lowest BCUT2D eigenvalue weighted by Gasteiger charge is -2.31. The van der Waals surface area contributed by atoms with Crippen LogP contribution < -0.4 is 5.32 Å². The van der Waals surface area contributed by atoms with Crippen LogP contribution in [0.5, 0.6) is 0 Å². The van der Waals surface area contributed by atoms with Gasteiger partial charge >= 0.3 is 0 Å². The molecule has 1 saturated heterocycles. The van der Waals surface area contributed by atoms with Crippen molar-refractivity contribution in [2.75, 3.05) is 18.4 Å². The Balaban J connectivity index is 1.75. The molecule has 22 heavy (non-hydrogen) atoms. The topological polar surface area (TPSA) is 45.2 Å². The Kier molecular flexibility index (Phi) is 4.96. The summed E-state index contributed by atoms with van der Waals surface area (Å²) in [5.74, 6) is 1.56. The average molecular weight is 301 g/mol. The third-order valence-corrected chi connectivity index (χ3v) is 5.11. The summed E-state index contributed by atoms with van der Waals surface area (Å²) in [6, 6.07) is 4.23. The first kappa shape index (κ1) is 15.3. The minimum Gasteiger partial charge on any atom is -0.366 e. The quantitative estimate of drug-likeness (QED) is 0.926. The maximum absolute atomic E-state index is 12.8. The van der Waals surface area contributed by atoms with Crippen LogP contribution in [0.15, 0.2) is 18.3 Å². The standard InChI is InChI=1S/C18H27N3O/c1-14-8-3-4-10-16(14)20-17-15(9-7-11-19-17)18(22)21-12-5-2-6-13-21/h7,9,11,14,16H,2-6,8,10,12-13H2,1H3,(H,19,20). The fourth-order valence-corrected chi connectivity index (χ4v) is 3.67. The number of hydrogen-bond donors (Lipinski definition) is 1. The van der Waals surface area contributed by atoms with Crippen molar-refractivity contribution in [1.82, 2.24) is 9.88 Å². The number of piperidine rings is 1. The van der Waals surface area contributed by atoms with E-state index in [1.54, 1.807) is 6.20 Å². The first-order valence-corrected chi connectivity index (χ1v) is 8.76. The molecule has 1 aromatic rings. The molecule has 1 N–H and O–H groups in total. The van der Waals surface area contributed by atoms with Gasteiger partial charge in [0.25, 0.3) is 5.91 Å². The van der Waals surface area contributed by atoms with Gasteiger partial charge in [0.1, 0.15) is 5.82 Å². The van der Waals surface area contributed by atoms with Crippen molar-refractivity contribution >= 4 is 11.7 Å². The summed E-state index contributed by atoms with van der Waals surface area (Å²) < 4.78 is 0. The first-order chi connectivity index (χ1) is 10.8. The van der Waals surface area contributed by atoms with Gasteiger partial charge in [-0.3, -0.25) is 4.79 Å². The summed E-state index contributed by atoms with van der Waals surface area (Å²) in [7, 11) is 0. The van der Waals surface area contributed by atoms with E-state index in [2.05, 4.69) is 17.2 Å². The second-order valence-corrected chi connectivity index (χ2v) is 6.77. The lowest BCUT2D eigenvalue weighted by atomic mass is 9.86. The van der Waals surface area contributed by atoms with Crippen LogP contribution in [0.3, 0.4) is 0 Å². The lowest BCUT2D eigenvalue weighted by Crippen LogP contribution is -2.37. The maximum atomic E-state index is 12.8. The molecule has 4 heteroatoms. The van der Waals surface area contributed by atoms with Gasteiger partial charge in [0, 0.05) is 25.3 Å². The fraction of sp³-hybridized carbons (Fsp3) is 0.667. The molecule has 1 aromatic heterocycles. The second kappa shape index (κ2) is 7.12. The van der Waals surface area contributed by atoms with Crippen LogP contribution in [-0.2, 0) is 0 Å². The zero-order chi connectivity index (χ0) is 15.4. The van der Waals surface area contributed by atoms with Crippen molar-refractivity contribution in [2.24, 2.45) is 5.92 Å². The number of rotatable bonds is 3. The van der Waals surface area contributed by atoms with Crippen LogP contribution in [0.2, 0.25) is 0 Å². The molecule has 0 bridgehead atoms. The van der Waals surface area contributed by atoms with Gasteiger partial charge in [-0.2, -0.15) is 0 Å². The Morgan fingerprint density at radius 3 is 2.73 bits per heavy atom. The number of pyridine rings is 1. The highest BCUT2D eigenvalue weighted by atomic mass is 16.2. The summed E-state index contributed by atoms with van der Waals surface area (Å²) in [6.45, 7) is 4.06. The average Bonchev–Trinajstić information content (AvgIpc) is 2.58. The second-order valence-electron chi connectivity index (χ2n) is 6.77. The number of carbonyl (C=O) groups is 1. The van der Waals surface area contributed by atoms with E-state index >= 15 is 0 Å². The minimum absolute atomic E-state index is 0.138. The highest BCUT2D eigenvalue weighted by Gasteiger charge is 2.25. The lowest BCUT2D eigenvalue weighted by molar-refractivity contribution is 0.0725. The van der Waals surface area contributed by atoms with E-state index in [9.17, 15) is 4.79 Å². The molecule has 4 nitrogen and oxygen atoms in total. The highest BCUT2D eigenvalue weighted by molar-refractivity contribution is 5.98. The Morgan fingerprint density at radius 1 is 1.18 bits per heavy atom. The molecule has 3 rings (SSSR count). The monoisotopic (exact) mass is 301 g/mol. The van der Waals surface area contributed by atoms with Crippen LogP contribution >= 0.6 is 0 Å². The minimum atomic E-state index is 0.138. The third-order valence-electron chi connectivity index (χ3n) is 5.11. The number of hydrogen-bond acceptors (Lipinski definition) is 3. The predicted octanol–water partition coefficient (Wildman–Crippen LogP) is 3.70. The number of carbonyl (C=O) groups excluding carboxylic acids is 1. The van der Waals surface area contributed by atoms with E-state index < -0.39 is 0 Å². The fourth-order valence-electron chi connectivity index (χ4n) is 3.67. The molecule has 120 valence electrons. The molecule has 1 aliphatic carbocycles. The van der Waals surface area contributed by atoms with Gasteiger partial charge in [-0.05, 0) is 50.2 Å². The highest BCUT2D eigenvalue weighted by Crippen LogP contribution is 2.27. The third kappa shape index (κ3) is 3.42. The molecule has 2 atom stereocenters. The summed E-state index contributed by atoms with van der Waals surface area (Å²) >= 11 is 0. The van der Waals surface area contributed by atoms with E-state index in [1.807, 2.05) is 17.0 Å². The van der Waals surface area contributed by atoms with E-state index in [-0.39, 0.29) is 5.91 Å². The van der Waals surface area contributed by atoms with E-state index in [0.29, 0.717) is 12.0 Å². The molecule has 2 heterocycles. The number of nitrogens with zero attached hydrogens (tertiary/aromatic N) is 2. The van der Waals surface area contributed by atoms with E-state index in [0.717, 1.165) is 37.3 Å². The van der Waals surface area contributed by atoms with Crippen molar-refractivity contribution in [1.29, 1.82) is 0 Å². The molecular formula is C18H27N3O. The van der Waals surface area contributed by atoms with Gasteiger partial charge in [0.05, 0.1) is 5.56 Å². The van der Waals surface area contributed by atoms with Gasteiger partial charge in [0.15, 0.2) is 0 Å². The van der Waals surface area contributed by atoms with Gasteiger partial charge in [-0.15, -0.1) is 0 Å². The van der Waals surface area contributed by atoms with Crippen LogP contribution in [0, 0.1) is 5.92 Å². The van der Waals surface area contributed by atoms with Gasteiger partial charge in [-0.25, -0.2) is 4.98 Å². The summed E-state index contributed by atoms with van der Waals surface area (Å²) in [4.78, 5) is 19.2. The maximum Gasteiger partial charge on any atom is 0.257 e. The molecule has 2 aliphatic rings. The van der Waals surface area contributed by atoms with Crippen LogP contribution in [0.4, 0.5) is 5.82 Å². The number of likely N-dealkylation sites (tertiary alicyclic amines) is 1. The molecule has 1 aliphatic heterocycles. The van der Waals surface area contributed by atoms with Crippen molar-refractivity contribution in [3.63, 3.8) is 0 Å². The van der Waals surface area contributed by atoms with Gasteiger partial charge in [0.2, 0.25) is 0 Å². The zero-order valence-corrected chi connectivity index (χ0v) is 13.6. The van der Waals surface area contributed by atoms with Gasteiger partial charge < -0.3 is 10.2 Å². The van der Waals surface area contributed by atoms with Crippen LogP contribution in [0.1, 0.15) is 62.2 Å². The van der Waals surface area contributed by atoms with Crippen molar-refractivity contribution in [3.05, 3.63) is 23.9 Å². The van der Waals surface area contributed by atoms with Crippen molar-refractivity contribution in [2.45, 2.75) is 57.9 Å². The van der Waals surface area contributed by atoms with E-state index in [4.69, 9.17) is 0 Å². The molecular weight excluding hydrogens is 274 g/mol. The number of anilines is 1. The number of aromatic nitrogens is 1. The molecule has 2 fully saturated rings. The summed E-state index contributed by atoms with van der Waals surface area (Å²) in [6.07, 6.45) is 10.3. The SMILES string of the molecule is CC1CCCCC1Nc1ncccc1C(=O)N1CCCCC1. The largest absolute Gasteiger partial charge is 0.366 e. The Hall–Kier alpha value is -1.58. The summed E-state index contributed by atoms with van der Waals surface area (Å²) in [5.41, 5.74) is 0.738. The number of nitrogens with one attached hydrogen (secondary N) is 1. The Morgan fingerprint density at radius 2 is 1.95 bits per heavy atom.